The summed E-state index contributed by atoms with van der Waals surface area (Å²) in [6.45, 7) is 5.08. The van der Waals surface area contributed by atoms with Gasteiger partial charge in [-0.2, -0.15) is 0 Å². The van der Waals surface area contributed by atoms with Gasteiger partial charge in [-0.15, -0.1) is 4.83 Å². The Morgan fingerprint density at radius 1 is 1.13 bits per heavy atom. The Bertz CT molecular complexity index is 385. The summed E-state index contributed by atoms with van der Waals surface area (Å²) >= 11 is 0. The number of rotatable bonds is 5. The summed E-state index contributed by atoms with van der Waals surface area (Å²) in [4.78, 5) is 2.80. The third-order valence-electron chi connectivity index (χ3n) is 2.07. The minimum atomic E-state index is -3.41. The fourth-order valence-corrected chi connectivity index (χ4v) is 2.39. The maximum Gasteiger partial charge on any atom is 0.253 e. The van der Waals surface area contributed by atoms with Crippen molar-refractivity contribution in [3.05, 3.63) is 30.3 Å². The standard InChI is InChI=1S/C10H16N2O2S/c1-3-12(4-2)11-15(13,14)10-8-6-5-7-9-10/h5-9,11H,3-4H2,1-2H3. The molecule has 0 bridgehead atoms. The summed E-state index contributed by atoms with van der Waals surface area (Å²) in [7, 11) is -3.41. The molecule has 0 atom stereocenters. The Morgan fingerprint density at radius 3 is 2.13 bits per heavy atom. The van der Waals surface area contributed by atoms with E-state index in [0.717, 1.165) is 0 Å². The normalized spacial score (nSPS) is 11.9. The lowest BCUT2D eigenvalue weighted by Crippen LogP contribution is -2.41. The first-order chi connectivity index (χ1) is 7.10. The number of nitrogens with one attached hydrogen (secondary N) is 1. The zero-order chi connectivity index (χ0) is 11.3. The Balaban J connectivity index is 2.85. The molecule has 0 saturated heterocycles. The smallest absolute Gasteiger partial charge is 0.231 e. The van der Waals surface area contributed by atoms with Gasteiger partial charge in [-0.05, 0) is 12.1 Å². The van der Waals surface area contributed by atoms with Crippen LogP contribution in [-0.2, 0) is 10.0 Å². The summed E-state index contributed by atoms with van der Waals surface area (Å²) in [5.74, 6) is 0. The van der Waals surface area contributed by atoms with Crippen LogP contribution in [0.4, 0.5) is 0 Å². The van der Waals surface area contributed by atoms with Crippen molar-refractivity contribution in [2.24, 2.45) is 0 Å². The molecule has 0 amide bonds. The SMILES string of the molecule is CCN(CC)NS(=O)(=O)c1ccccc1. The van der Waals surface area contributed by atoms with Gasteiger partial charge in [-0.3, -0.25) is 0 Å². The lowest BCUT2D eigenvalue weighted by atomic mass is 10.4. The van der Waals surface area contributed by atoms with Crippen LogP contribution in [-0.4, -0.2) is 26.5 Å². The second kappa shape index (κ2) is 5.25. The molecule has 0 spiro atoms. The van der Waals surface area contributed by atoms with Gasteiger partial charge >= 0.3 is 0 Å². The average Bonchev–Trinajstić information content (AvgIpc) is 2.27. The topological polar surface area (TPSA) is 49.4 Å². The Labute approximate surface area is 90.9 Å². The molecule has 1 N–H and O–H groups in total. The van der Waals surface area contributed by atoms with E-state index in [4.69, 9.17) is 0 Å². The highest BCUT2D eigenvalue weighted by atomic mass is 32.2. The first-order valence-electron chi connectivity index (χ1n) is 4.92. The lowest BCUT2D eigenvalue weighted by Gasteiger charge is -2.19. The second-order valence-corrected chi connectivity index (χ2v) is 4.74. The maximum absolute atomic E-state index is 11.8. The van der Waals surface area contributed by atoms with E-state index >= 15 is 0 Å². The van der Waals surface area contributed by atoms with Crippen molar-refractivity contribution in [2.75, 3.05) is 13.1 Å². The molecule has 1 aromatic rings. The number of sulfonamides is 1. The van der Waals surface area contributed by atoms with Gasteiger partial charge < -0.3 is 0 Å². The molecule has 0 aromatic heterocycles. The molecule has 0 radical (unpaired) electrons. The van der Waals surface area contributed by atoms with Gasteiger partial charge in [-0.25, -0.2) is 13.4 Å². The van der Waals surface area contributed by atoms with Gasteiger partial charge in [0, 0.05) is 13.1 Å². The molecule has 0 heterocycles. The van der Waals surface area contributed by atoms with Crippen molar-refractivity contribution < 1.29 is 8.42 Å². The minimum absolute atomic E-state index is 0.289. The molecule has 4 nitrogen and oxygen atoms in total. The van der Waals surface area contributed by atoms with Gasteiger partial charge in [0.25, 0.3) is 10.0 Å². The third kappa shape index (κ3) is 3.30. The predicted molar refractivity (Wildman–Crippen MR) is 59.7 cm³/mol. The van der Waals surface area contributed by atoms with E-state index in [2.05, 4.69) is 4.83 Å². The zero-order valence-electron chi connectivity index (χ0n) is 8.97. The Kier molecular flexibility index (Phi) is 4.26. The van der Waals surface area contributed by atoms with Crippen LogP contribution < -0.4 is 4.83 Å². The third-order valence-corrected chi connectivity index (χ3v) is 3.46. The van der Waals surface area contributed by atoms with E-state index in [-0.39, 0.29) is 4.90 Å². The van der Waals surface area contributed by atoms with Crippen LogP contribution in [0, 0.1) is 0 Å². The van der Waals surface area contributed by atoms with Crippen LogP contribution in [0.15, 0.2) is 35.2 Å². The van der Waals surface area contributed by atoms with Crippen molar-refractivity contribution >= 4 is 10.0 Å². The quantitative estimate of drug-likeness (QED) is 0.771. The Morgan fingerprint density at radius 2 is 1.67 bits per heavy atom. The summed E-state index contributed by atoms with van der Waals surface area (Å²) in [5, 5.41) is 1.64. The van der Waals surface area contributed by atoms with Gasteiger partial charge in [-0.1, -0.05) is 32.0 Å². The first-order valence-corrected chi connectivity index (χ1v) is 6.41. The summed E-state index contributed by atoms with van der Waals surface area (Å²) in [6.07, 6.45) is 0. The van der Waals surface area contributed by atoms with Crippen LogP contribution in [0.5, 0.6) is 0 Å². The van der Waals surface area contributed by atoms with Crippen LogP contribution in [0.2, 0.25) is 0 Å². The molecule has 0 aliphatic carbocycles. The molecule has 0 saturated carbocycles. The fraction of sp³-hybridized carbons (Fsp3) is 0.400. The summed E-state index contributed by atoms with van der Waals surface area (Å²) in [5.41, 5.74) is 0. The van der Waals surface area contributed by atoms with Gasteiger partial charge in [0.05, 0.1) is 4.90 Å². The van der Waals surface area contributed by atoms with E-state index in [0.29, 0.717) is 13.1 Å². The van der Waals surface area contributed by atoms with Crippen LogP contribution in [0.25, 0.3) is 0 Å². The van der Waals surface area contributed by atoms with Crippen molar-refractivity contribution in [1.82, 2.24) is 9.84 Å². The number of benzene rings is 1. The van der Waals surface area contributed by atoms with Crippen molar-refractivity contribution in [2.45, 2.75) is 18.7 Å². The molecule has 1 aromatic carbocycles. The van der Waals surface area contributed by atoms with Crippen LogP contribution >= 0.6 is 0 Å². The summed E-state index contributed by atoms with van der Waals surface area (Å²) in [6, 6.07) is 8.35. The second-order valence-electron chi connectivity index (χ2n) is 3.08. The highest BCUT2D eigenvalue weighted by Gasteiger charge is 2.15. The van der Waals surface area contributed by atoms with Gasteiger partial charge in [0.15, 0.2) is 0 Å². The van der Waals surface area contributed by atoms with E-state index < -0.39 is 10.0 Å². The molecule has 0 aliphatic heterocycles. The fourth-order valence-electron chi connectivity index (χ4n) is 1.18. The number of hydrazine groups is 1. The largest absolute Gasteiger partial charge is 0.253 e. The van der Waals surface area contributed by atoms with Crippen molar-refractivity contribution in [1.29, 1.82) is 0 Å². The highest BCUT2D eigenvalue weighted by molar-refractivity contribution is 7.89. The number of hydrogen-bond acceptors (Lipinski definition) is 3. The molecule has 0 aliphatic rings. The summed E-state index contributed by atoms with van der Waals surface area (Å²) < 4.78 is 23.6. The average molecular weight is 228 g/mol. The zero-order valence-corrected chi connectivity index (χ0v) is 9.79. The number of nitrogens with zero attached hydrogens (tertiary/aromatic N) is 1. The number of hydrogen-bond donors (Lipinski definition) is 1. The van der Waals surface area contributed by atoms with Crippen LogP contribution in [0.1, 0.15) is 13.8 Å². The van der Waals surface area contributed by atoms with Gasteiger partial charge in [0.1, 0.15) is 0 Å². The van der Waals surface area contributed by atoms with E-state index in [9.17, 15) is 8.42 Å². The van der Waals surface area contributed by atoms with E-state index in [1.165, 1.54) is 0 Å². The van der Waals surface area contributed by atoms with Crippen molar-refractivity contribution in [3.8, 4) is 0 Å². The monoisotopic (exact) mass is 228 g/mol. The van der Waals surface area contributed by atoms with E-state index in [1.807, 2.05) is 13.8 Å². The molecule has 0 unspecified atom stereocenters. The Hall–Kier alpha value is -0.910. The predicted octanol–water partition coefficient (Wildman–Crippen LogP) is 1.22. The first kappa shape index (κ1) is 12.2. The lowest BCUT2D eigenvalue weighted by molar-refractivity contribution is 0.268. The van der Waals surface area contributed by atoms with Crippen molar-refractivity contribution in [3.63, 3.8) is 0 Å². The molecule has 84 valence electrons. The highest BCUT2D eigenvalue weighted by Crippen LogP contribution is 2.07. The molecule has 1 rings (SSSR count). The van der Waals surface area contributed by atoms with E-state index in [1.54, 1.807) is 35.3 Å². The molecule has 15 heavy (non-hydrogen) atoms. The van der Waals surface area contributed by atoms with Gasteiger partial charge in [0.2, 0.25) is 0 Å². The maximum atomic E-state index is 11.8. The van der Waals surface area contributed by atoms with Crippen LogP contribution in [0.3, 0.4) is 0 Å². The molecular weight excluding hydrogens is 212 g/mol. The molecule has 5 heteroatoms. The molecule has 0 fully saturated rings. The molecular formula is C10H16N2O2S. The minimum Gasteiger partial charge on any atom is -0.231 e.